The Morgan fingerprint density at radius 1 is 1.20 bits per heavy atom. The molecular formula is C17H28N2O. The molecule has 0 bridgehead atoms. The molecule has 0 aromatic heterocycles. The van der Waals surface area contributed by atoms with Crippen molar-refractivity contribution in [3.05, 3.63) is 29.3 Å². The van der Waals surface area contributed by atoms with Gasteiger partial charge in [0.2, 0.25) is 0 Å². The number of likely N-dealkylation sites (tertiary alicyclic amines) is 1. The predicted octanol–water partition coefficient (Wildman–Crippen LogP) is 3.23. The Morgan fingerprint density at radius 2 is 1.90 bits per heavy atom. The average Bonchev–Trinajstić information content (AvgIpc) is 2.42. The summed E-state index contributed by atoms with van der Waals surface area (Å²) in [6.07, 6.45) is 4.05. The molecule has 0 spiro atoms. The minimum Gasteiger partial charge on any atom is -0.508 e. The zero-order chi connectivity index (χ0) is 14.5. The number of hydrogen-bond acceptors (Lipinski definition) is 3. The Kier molecular flexibility index (Phi) is 5.44. The Morgan fingerprint density at radius 3 is 2.60 bits per heavy atom. The van der Waals surface area contributed by atoms with Gasteiger partial charge in [-0.1, -0.05) is 24.1 Å². The van der Waals surface area contributed by atoms with Gasteiger partial charge in [-0.3, -0.25) is 0 Å². The highest BCUT2D eigenvalue weighted by Gasteiger charge is 2.17. The van der Waals surface area contributed by atoms with Crippen LogP contribution in [0.15, 0.2) is 18.2 Å². The Bertz CT molecular complexity index is 427. The number of piperidine rings is 1. The van der Waals surface area contributed by atoms with Gasteiger partial charge in [-0.05, 0) is 52.8 Å². The maximum Gasteiger partial charge on any atom is 0.120 e. The van der Waals surface area contributed by atoms with E-state index < -0.39 is 0 Å². The number of nitrogens with zero attached hydrogens (tertiary/aromatic N) is 1. The number of aromatic hydroxyl groups is 1. The first kappa shape index (κ1) is 15.3. The number of aryl methyl sites for hydroxylation is 1. The molecule has 3 heteroatoms. The van der Waals surface area contributed by atoms with Crippen LogP contribution in [0.3, 0.4) is 0 Å². The molecule has 2 unspecified atom stereocenters. The van der Waals surface area contributed by atoms with Gasteiger partial charge in [0, 0.05) is 24.2 Å². The van der Waals surface area contributed by atoms with Crippen LogP contribution in [0.2, 0.25) is 0 Å². The zero-order valence-corrected chi connectivity index (χ0v) is 13.0. The summed E-state index contributed by atoms with van der Waals surface area (Å²) < 4.78 is 0. The number of rotatable bonds is 5. The molecule has 2 rings (SSSR count). The molecule has 1 fully saturated rings. The second-order valence-electron chi connectivity index (χ2n) is 6.21. The van der Waals surface area contributed by atoms with E-state index in [-0.39, 0.29) is 6.04 Å². The summed E-state index contributed by atoms with van der Waals surface area (Å²) in [6, 6.07) is 6.42. The van der Waals surface area contributed by atoms with Crippen molar-refractivity contribution < 1.29 is 5.11 Å². The highest BCUT2D eigenvalue weighted by atomic mass is 16.3. The third-order valence-corrected chi connectivity index (χ3v) is 4.16. The van der Waals surface area contributed by atoms with E-state index in [1.54, 1.807) is 6.07 Å². The topological polar surface area (TPSA) is 35.5 Å². The van der Waals surface area contributed by atoms with Gasteiger partial charge in [0.15, 0.2) is 0 Å². The van der Waals surface area contributed by atoms with Gasteiger partial charge >= 0.3 is 0 Å². The maximum atomic E-state index is 9.99. The van der Waals surface area contributed by atoms with Crippen molar-refractivity contribution in [3.63, 3.8) is 0 Å². The smallest absolute Gasteiger partial charge is 0.120 e. The molecule has 3 nitrogen and oxygen atoms in total. The molecule has 1 saturated heterocycles. The molecule has 1 aromatic carbocycles. The summed E-state index contributed by atoms with van der Waals surface area (Å²) in [7, 11) is 0. The fourth-order valence-corrected chi connectivity index (χ4v) is 3.12. The number of nitrogens with one attached hydrogen (secondary N) is 1. The van der Waals surface area contributed by atoms with Gasteiger partial charge in [0.25, 0.3) is 0 Å². The van der Waals surface area contributed by atoms with Crippen LogP contribution in [-0.4, -0.2) is 35.7 Å². The lowest BCUT2D eigenvalue weighted by Gasteiger charge is -2.31. The first-order chi connectivity index (χ1) is 9.56. The molecule has 1 aromatic rings. The van der Waals surface area contributed by atoms with Crippen LogP contribution in [0.5, 0.6) is 5.75 Å². The number of benzene rings is 1. The standard InChI is InChI=1S/C17H28N2O/c1-13-7-8-17(20)16(11-13)15(3)18-14(2)12-19-9-5-4-6-10-19/h7-8,11,14-15,18,20H,4-6,9-10,12H2,1-3H3. The predicted molar refractivity (Wildman–Crippen MR) is 84.1 cm³/mol. The molecule has 0 amide bonds. The van der Waals surface area contributed by atoms with Crippen molar-refractivity contribution >= 4 is 0 Å². The minimum absolute atomic E-state index is 0.176. The summed E-state index contributed by atoms with van der Waals surface area (Å²) in [6.45, 7) is 9.98. The molecule has 112 valence electrons. The van der Waals surface area contributed by atoms with Crippen molar-refractivity contribution in [1.29, 1.82) is 0 Å². The number of phenolic OH excluding ortho intramolecular Hbond substituents is 1. The van der Waals surface area contributed by atoms with Crippen molar-refractivity contribution in [2.45, 2.75) is 52.1 Å². The van der Waals surface area contributed by atoms with Gasteiger partial charge in [-0.15, -0.1) is 0 Å². The van der Waals surface area contributed by atoms with Crippen LogP contribution >= 0.6 is 0 Å². The monoisotopic (exact) mass is 276 g/mol. The van der Waals surface area contributed by atoms with Crippen LogP contribution in [0, 0.1) is 6.92 Å². The number of phenols is 1. The van der Waals surface area contributed by atoms with Crippen LogP contribution in [0.4, 0.5) is 0 Å². The lowest BCUT2D eigenvalue weighted by molar-refractivity contribution is 0.205. The van der Waals surface area contributed by atoms with E-state index in [1.807, 2.05) is 6.07 Å². The van der Waals surface area contributed by atoms with Crippen molar-refractivity contribution in [2.75, 3.05) is 19.6 Å². The summed E-state index contributed by atoms with van der Waals surface area (Å²) in [5.41, 5.74) is 2.19. The average molecular weight is 276 g/mol. The second-order valence-corrected chi connectivity index (χ2v) is 6.21. The van der Waals surface area contributed by atoms with E-state index in [4.69, 9.17) is 0 Å². The Hall–Kier alpha value is -1.06. The Labute approximate surface area is 123 Å². The van der Waals surface area contributed by atoms with Crippen molar-refractivity contribution in [3.8, 4) is 5.75 Å². The summed E-state index contributed by atoms with van der Waals surface area (Å²) in [4.78, 5) is 2.55. The lowest BCUT2D eigenvalue weighted by Crippen LogP contribution is -2.42. The molecule has 1 heterocycles. The van der Waals surface area contributed by atoms with Gasteiger partial charge in [0.05, 0.1) is 0 Å². The van der Waals surface area contributed by atoms with Gasteiger partial charge in [-0.25, -0.2) is 0 Å². The van der Waals surface area contributed by atoms with Crippen molar-refractivity contribution in [2.24, 2.45) is 0 Å². The third kappa shape index (κ3) is 4.22. The third-order valence-electron chi connectivity index (χ3n) is 4.16. The van der Waals surface area contributed by atoms with Crippen LogP contribution in [0.25, 0.3) is 0 Å². The quantitative estimate of drug-likeness (QED) is 0.866. The summed E-state index contributed by atoms with van der Waals surface area (Å²) in [5, 5.41) is 13.6. The zero-order valence-electron chi connectivity index (χ0n) is 13.0. The molecule has 2 atom stereocenters. The highest BCUT2D eigenvalue weighted by Crippen LogP contribution is 2.25. The SMILES string of the molecule is Cc1ccc(O)c(C(C)NC(C)CN2CCCCC2)c1. The van der Waals surface area contributed by atoms with Crippen LogP contribution in [-0.2, 0) is 0 Å². The normalized spacial score (nSPS) is 19.8. The van der Waals surface area contributed by atoms with Crippen molar-refractivity contribution in [1.82, 2.24) is 10.2 Å². The van der Waals surface area contributed by atoms with Gasteiger partial charge in [0.1, 0.15) is 5.75 Å². The van der Waals surface area contributed by atoms with Gasteiger partial charge in [-0.2, -0.15) is 0 Å². The fraction of sp³-hybridized carbons (Fsp3) is 0.647. The van der Waals surface area contributed by atoms with Crippen LogP contribution in [0.1, 0.15) is 50.3 Å². The van der Waals surface area contributed by atoms with Crippen LogP contribution < -0.4 is 5.32 Å². The second kappa shape index (κ2) is 7.09. The summed E-state index contributed by atoms with van der Waals surface area (Å²) >= 11 is 0. The highest BCUT2D eigenvalue weighted by molar-refractivity contribution is 5.37. The van der Waals surface area contributed by atoms with E-state index in [9.17, 15) is 5.11 Å². The molecule has 20 heavy (non-hydrogen) atoms. The summed E-state index contributed by atoms with van der Waals surface area (Å²) in [5.74, 6) is 0.390. The van der Waals surface area contributed by atoms with E-state index in [2.05, 4.69) is 37.1 Å². The molecule has 1 aliphatic rings. The van der Waals surface area contributed by atoms with E-state index >= 15 is 0 Å². The Balaban J connectivity index is 1.89. The molecule has 0 aliphatic carbocycles. The largest absolute Gasteiger partial charge is 0.508 e. The fourth-order valence-electron chi connectivity index (χ4n) is 3.12. The number of hydrogen-bond donors (Lipinski definition) is 2. The van der Waals surface area contributed by atoms with E-state index in [0.717, 1.165) is 12.1 Å². The minimum atomic E-state index is 0.176. The molecule has 0 radical (unpaired) electrons. The van der Waals surface area contributed by atoms with E-state index in [1.165, 1.54) is 37.9 Å². The van der Waals surface area contributed by atoms with E-state index in [0.29, 0.717) is 11.8 Å². The lowest BCUT2D eigenvalue weighted by atomic mass is 10.0. The molecule has 0 saturated carbocycles. The first-order valence-corrected chi connectivity index (χ1v) is 7.84. The van der Waals surface area contributed by atoms with Gasteiger partial charge < -0.3 is 15.3 Å². The molecular weight excluding hydrogens is 248 g/mol. The first-order valence-electron chi connectivity index (χ1n) is 7.84. The molecule has 1 aliphatic heterocycles. The maximum absolute atomic E-state index is 9.99. The molecule has 2 N–H and O–H groups in total.